The highest BCUT2D eigenvalue weighted by molar-refractivity contribution is 5.82. The van der Waals surface area contributed by atoms with Gasteiger partial charge in [-0.3, -0.25) is 9.59 Å². The van der Waals surface area contributed by atoms with Crippen LogP contribution in [-0.4, -0.2) is 55.4 Å². The summed E-state index contributed by atoms with van der Waals surface area (Å²) in [6.45, 7) is 1.83. The Morgan fingerprint density at radius 3 is 2.92 bits per heavy atom. The molecule has 1 amide bonds. The molecular weight excluding hydrogens is 326 g/mol. The second-order valence-electron chi connectivity index (χ2n) is 6.23. The number of hydrogen-bond acceptors (Lipinski definition) is 5. The topological polar surface area (TPSA) is 85.3 Å². The summed E-state index contributed by atoms with van der Waals surface area (Å²) < 4.78 is 16.5. The van der Waals surface area contributed by atoms with E-state index in [-0.39, 0.29) is 12.3 Å². The lowest BCUT2D eigenvalue weighted by Gasteiger charge is -2.40. The molecule has 0 radical (unpaired) electrons. The lowest BCUT2D eigenvalue weighted by atomic mass is 9.83. The van der Waals surface area contributed by atoms with Crippen LogP contribution >= 0.6 is 0 Å². The maximum atomic E-state index is 12.5. The van der Waals surface area contributed by atoms with E-state index in [9.17, 15) is 14.7 Å². The monoisotopic (exact) mass is 349 g/mol. The molecule has 1 fully saturated rings. The number of nitrogens with zero attached hydrogens (tertiary/aromatic N) is 1. The van der Waals surface area contributed by atoms with Gasteiger partial charge in [0.15, 0.2) is 11.5 Å². The number of carboxylic acids is 1. The van der Waals surface area contributed by atoms with E-state index in [1.54, 1.807) is 18.1 Å². The SMILES string of the molecule is COCCCN1C(=O)CC[C@@H](C(=O)O)[C@H]1c1cccc2c1OCCO2. The molecule has 0 aliphatic carbocycles. The summed E-state index contributed by atoms with van der Waals surface area (Å²) in [6.07, 6.45) is 1.22. The van der Waals surface area contributed by atoms with E-state index >= 15 is 0 Å². The highest BCUT2D eigenvalue weighted by Gasteiger charge is 2.42. The number of hydrogen-bond donors (Lipinski definition) is 1. The maximum absolute atomic E-state index is 12.5. The second-order valence-corrected chi connectivity index (χ2v) is 6.23. The van der Waals surface area contributed by atoms with Gasteiger partial charge >= 0.3 is 5.97 Å². The van der Waals surface area contributed by atoms with Gasteiger partial charge in [-0.1, -0.05) is 12.1 Å². The minimum Gasteiger partial charge on any atom is -0.486 e. The van der Waals surface area contributed by atoms with E-state index in [4.69, 9.17) is 14.2 Å². The first kappa shape index (κ1) is 17.5. The number of aliphatic carboxylic acids is 1. The number of carboxylic acid groups (broad SMARTS) is 1. The summed E-state index contributed by atoms with van der Waals surface area (Å²) in [6, 6.07) is 4.88. The van der Waals surface area contributed by atoms with Gasteiger partial charge in [0, 0.05) is 32.2 Å². The van der Waals surface area contributed by atoms with Crippen molar-refractivity contribution in [3.8, 4) is 11.5 Å². The summed E-state index contributed by atoms with van der Waals surface area (Å²) in [7, 11) is 1.61. The minimum absolute atomic E-state index is 0.0343. The number of carbonyl (C=O) groups is 2. The van der Waals surface area contributed by atoms with Crippen molar-refractivity contribution in [3.05, 3.63) is 23.8 Å². The molecule has 1 N–H and O–H groups in total. The van der Waals surface area contributed by atoms with Crippen molar-refractivity contribution in [1.82, 2.24) is 4.90 Å². The molecule has 0 aromatic heterocycles. The van der Waals surface area contributed by atoms with Crippen LogP contribution in [0.2, 0.25) is 0 Å². The fourth-order valence-electron chi connectivity index (χ4n) is 3.57. The highest BCUT2D eigenvalue weighted by atomic mass is 16.6. The Morgan fingerprint density at radius 1 is 1.36 bits per heavy atom. The number of benzene rings is 1. The van der Waals surface area contributed by atoms with Crippen LogP contribution < -0.4 is 9.47 Å². The molecule has 2 atom stereocenters. The average Bonchev–Trinajstić information content (AvgIpc) is 2.62. The first-order chi connectivity index (χ1) is 12.1. The third kappa shape index (κ3) is 3.56. The largest absolute Gasteiger partial charge is 0.486 e. The molecule has 2 aliphatic heterocycles. The summed E-state index contributed by atoms with van der Waals surface area (Å²) in [5, 5.41) is 9.71. The number of para-hydroxylation sites is 1. The van der Waals surface area contributed by atoms with Crippen LogP contribution in [0, 0.1) is 5.92 Å². The Balaban J connectivity index is 1.99. The second kappa shape index (κ2) is 7.74. The molecule has 25 heavy (non-hydrogen) atoms. The van der Waals surface area contributed by atoms with E-state index in [0.717, 1.165) is 0 Å². The molecule has 2 heterocycles. The van der Waals surface area contributed by atoms with Crippen molar-refractivity contribution in [2.45, 2.75) is 25.3 Å². The summed E-state index contributed by atoms with van der Waals surface area (Å²) in [5.41, 5.74) is 0.704. The van der Waals surface area contributed by atoms with Crippen molar-refractivity contribution < 1.29 is 28.9 Å². The maximum Gasteiger partial charge on any atom is 0.308 e. The number of amides is 1. The molecular formula is C18H23NO6. The van der Waals surface area contributed by atoms with Crippen LogP contribution in [0.25, 0.3) is 0 Å². The van der Waals surface area contributed by atoms with E-state index in [2.05, 4.69) is 0 Å². The number of piperidine rings is 1. The van der Waals surface area contributed by atoms with Crippen molar-refractivity contribution in [2.75, 3.05) is 33.5 Å². The molecule has 3 rings (SSSR count). The Morgan fingerprint density at radius 2 is 2.16 bits per heavy atom. The highest BCUT2D eigenvalue weighted by Crippen LogP contribution is 2.45. The zero-order chi connectivity index (χ0) is 17.8. The smallest absolute Gasteiger partial charge is 0.308 e. The Bertz CT molecular complexity index is 646. The number of ether oxygens (including phenoxy) is 3. The standard InChI is InChI=1S/C18H23NO6/c1-23-9-3-8-19-15(20)7-6-13(18(21)22)16(19)12-4-2-5-14-17(12)25-11-10-24-14/h2,4-5,13,16H,3,6-11H2,1H3,(H,21,22)/t13-,16-/m1/s1. The van der Waals surface area contributed by atoms with Gasteiger partial charge in [0.1, 0.15) is 13.2 Å². The predicted molar refractivity (Wildman–Crippen MR) is 88.7 cm³/mol. The quantitative estimate of drug-likeness (QED) is 0.789. The first-order valence-corrected chi connectivity index (χ1v) is 8.53. The van der Waals surface area contributed by atoms with Gasteiger partial charge in [0.25, 0.3) is 0 Å². The van der Waals surface area contributed by atoms with E-state index in [1.165, 1.54) is 0 Å². The van der Waals surface area contributed by atoms with Gasteiger partial charge in [-0.05, 0) is 18.9 Å². The van der Waals surface area contributed by atoms with Gasteiger partial charge in [-0.25, -0.2) is 0 Å². The van der Waals surface area contributed by atoms with Crippen LogP contribution in [0.5, 0.6) is 11.5 Å². The summed E-state index contributed by atoms with van der Waals surface area (Å²) in [5.74, 6) is -0.451. The van der Waals surface area contributed by atoms with Crippen molar-refractivity contribution in [1.29, 1.82) is 0 Å². The number of fused-ring (bicyclic) bond motifs is 1. The van der Waals surface area contributed by atoms with E-state index in [0.29, 0.717) is 56.3 Å². The van der Waals surface area contributed by atoms with Crippen molar-refractivity contribution in [3.63, 3.8) is 0 Å². The Labute approximate surface area is 146 Å². The average molecular weight is 349 g/mol. The minimum atomic E-state index is -0.899. The van der Waals surface area contributed by atoms with Crippen molar-refractivity contribution in [2.24, 2.45) is 5.92 Å². The normalized spacial score (nSPS) is 22.8. The van der Waals surface area contributed by atoms with E-state index < -0.39 is 17.9 Å². The number of rotatable bonds is 6. The fraction of sp³-hybridized carbons (Fsp3) is 0.556. The number of carbonyl (C=O) groups excluding carboxylic acids is 1. The Hall–Kier alpha value is -2.28. The number of likely N-dealkylation sites (tertiary alicyclic amines) is 1. The zero-order valence-corrected chi connectivity index (χ0v) is 14.3. The van der Waals surface area contributed by atoms with Gasteiger partial charge < -0.3 is 24.2 Å². The van der Waals surface area contributed by atoms with Gasteiger partial charge in [-0.15, -0.1) is 0 Å². The van der Waals surface area contributed by atoms with Crippen LogP contribution in [0.15, 0.2) is 18.2 Å². The van der Waals surface area contributed by atoms with Gasteiger partial charge in [-0.2, -0.15) is 0 Å². The zero-order valence-electron chi connectivity index (χ0n) is 14.3. The molecule has 7 heteroatoms. The lowest BCUT2D eigenvalue weighted by molar-refractivity contribution is -0.152. The third-order valence-electron chi connectivity index (χ3n) is 4.69. The molecule has 0 saturated carbocycles. The van der Waals surface area contributed by atoms with Crippen LogP contribution in [0.4, 0.5) is 0 Å². The van der Waals surface area contributed by atoms with Crippen LogP contribution in [-0.2, 0) is 14.3 Å². The van der Waals surface area contributed by atoms with Crippen LogP contribution in [0.3, 0.4) is 0 Å². The molecule has 1 aromatic carbocycles. The van der Waals surface area contributed by atoms with Gasteiger partial charge in [0.2, 0.25) is 5.91 Å². The molecule has 2 aliphatic rings. The first-order valence-electron chi connectivity index (χ1n) is 8.53. The third-order valence-corrected chi connectivity index (χ3v) is 4.69. The van der Waals surface area contributed by atoms with Gasteiger partial charge in [0.05, 0.1) is 12.0 Å². The Kier molecular flexibility index (Phi) is 5.43. The fourth-order valence-corrected chi connectivity index (χ4v) is 3.57. The predicted octanol–water partition coefficient (Wildman–Crippen LogP) is 1.86. The molecule has 1 aromatic rings. The van der Waals surface area contributed by atoms with Crippen molar-refractivity contribution >= 4 is 11.9 Å². The molecule has 1 saturated heterocycles. The molecule has 0 spiro atoms. The molecule has 0 bridgehead atoms. The lowest BCUT2D eigenvalue weighted by Crippen LogP contribution is -2.46. The summed E-state index contributed by atoms with van der Waals surface area (Å²) in [4.78, 5) is 26.0. The summed E-state index contributed by atoms with van der Waals surface area (Å²) >= 11 is 0. The molecule has 136 valence electrons. The number of methoxy groups -OCH3 is 1. The van der Waals surface area contributed by atoms with E-state index in [1.807, 2.05) is 12.1 Å². The molecule has 7 nitrogen and oxygen atoms in total. The van der Waals surface area contributed by atoms with Crippen LogP contribution in [0.1, 0.15) is 30.9 Å². The molecule has 0 unspecified atom stereocenters.